The standard InChI is InChI=1S/C17H22N8O2/c1-5-25-16(17(27)21-13-8-18-23(4)12(13)3)14(9-19-25)20-15(26)10-24-7-6-11(2)22-24/h6-9H,5,10H2,1-4H3,(H,20,26)(H,21,27). The van der Waals surface area contributed by atoms with E-state index in [9.17, 15) is 9.59 Å². The van der Waals surface area contributed by atoms with Crippen molar-refractivity contribution in [3.8, 4) is 0 Å². The molecule has 10 nitrogen and oxygen atoms in total. The minimum Gasteiger partial charge on any atom is -0.321 e. The van der Waals surface area contributed by atoms with Crippen LogP contribution >= 0.6 is 0 Å². The third-order valence-electron chi connectivity index (χ3n) is 4.19. The molecule has 27 heavy (non-hydrogen) atoms. The molecule has 10 heteroatoms. The third-order valence-corrected chi connectivity index (χ3v) is 4.19. The largest absolute Gasteiger partial charge is 0.321 e. The summed E-state index contributed by atoms with van der Waals surface area (Å²) in [6, 6.07) is 1.82. The van der Waals surface area contributed by atoms with Crippen molar-refractivity contribution < 1.29 is 9.59 Å². The van der Waals surface area contributed by atoms with E-state index in [0.717, 1.165) is 11.4 Å². The summed E-state index contributed by atoms with van der Waals surface area (Å²) >= 11 is 0. The molecule has 0 radical (unpaired) electrons. The van der Waals surface area contributed by atoms with Gasteiger partial charge in [0.2, 0.25) is 5.91 Å². The Kier molecular flexibility index (Phi) is 5.06. The first-order valence-corrected chi connectivity index (χ1v) is 8.54. The molecule has 3 heterocycles. The van der Waals surface area contributed by atoms with Gasteiger partial charge in [-0.15, -0.1) is 0 Å². The van der Waals surface area contributed by atoms with Gasteiger partial charge in [0.25, 0.3) is 5.91 Å². The monoisotopic (exact) mass is 370 g/mol. The molecule has 0 saturated heterocycles. The Labute approximate surface area is 156 Å². The summed E-state index contributed by atoms with van der Waals surface area (Å²) in [6.07, 6.45) is 4.78. The first kappa shape index (κ1) is 18.4. The number of carbonyl (C=O) groups excluding carboxylic acids is 2. The summed E-state index contributed by atoms with van der Waals surface area (Å²) < 4.78 is 4.74. The Bertz CT molecular complexity index is 981. The fraction of sp³-hybridized carbons (Fsp3) is 0.353. The zero-order valence-electron chi connectivity index (χ0n) is 15.7. The van der Waals surface area contributed by atoms with E-state index in [-0.39, 0.29) is 24.1 Å². The summed E-state index contributed by atoms with van der Waals surface area (Å²) in [5.41, 5.74) is 2.89. The number of hydrogen-bond acceptors (Lipinski definition) is 5. The first-order chi connectivity index (χ1) is 12.9. The zero-order valence-corrected chi connectivity index (χ0v) is 15.7. The highest BCUT2D eigenvalue weighted by Crippen LogP contribution is 2.19. The average molecular weight is 370 g/mol. The minimum atomic E-state index is -0.365. The molecule has 0 aromatic carbocycles. The van der Waals surface area contributed by atoms with Crippen LogP contribution < -0.4 is 10.6 Å². The van der Waals surface area contributed by atoms with Crippen LogP contribution in [0.15, 0.2) is 24.7 Å². The van der Waals surface area contributed by atoms with Crippen molar-refractivity contribution in [3.63, 3.8) is 0 Å². The van der Waals surface area contributed by atoms with Gasteiger partial charge in [0.05, 0.1) is 35.2 Å². The quantitative estimate of drug-likeness (QED) is 0.680. The lowest BCUT2D eigenvalue weighted by molar-refractivity contribution is -0.116. The topological polar surface area (TPSA) is 112 Å². The van der Waals surface area contributed by atoms with Crippen molar-refractivity contribution in [1.82, 2.24) is 29.3 Å². The van der Waals surface area contributed by atoms with Gasteiger partial charge in [-0.25, -0.2) is 0 Å². The second-order valence-corrected chi connectivity index (χ2v) is 6.15. The van der Waals surface area contributed by atoms with Crippen LogP contribution in [-0.4, -0.2) is 41.2 Å². The molecule has 142 valence electrons. The lowest BCUT2D eigenvalue weighted by atomic mass is 10.3. The molecule has 2 amide bonds. The number of nitrogens with zero attached hydrogens (tertiary/aromatic N) is 6. The number of rotatable bonds is 6. The van der Waals surface area contributed by atoms with Gasteiger partial charge in [0, 0.05) is 19.8 Å². The Balaban J connectivity index is 1.78. The Hall–Kier alpha value is -3.43. The van der Waals surface area contributed by atoms with Crippen molar-refractivity contribution in [2.75, 3.05) is 10.6 Å². The van der Waals surface area contributed by atoms with Crippen molar-refractivity contribution in [2.45, 2.75) is 33.9 Å². The lowest BCUT2D eigenvalue weighted by Crippen LogP contribution is -2.23. The molecule has 0 spiro atoms. The number of amides is 2. The molecule has 0 unspecified atom stereocenters. The van der Waals surface area contributed by atoms with E-state index in [1.54, 1.807) is 24.1 Å². The SMILES string of the molecule is CCn1ncc(NC(=O)Cn2ccc(C)n2)c1C(=O)Nc1cnn(C)c1C. The van der Waals surface area contributed by atoms with E-state index >= 15 is 0 Å². The predicted octanol–water partition coefficient (Wildman–Crippen LogP) is 1.34. The van der Waals surface area contributed by atoms with E-state index in [0.29, 0.717) is 17.9 Å². The van der Waals surface area contributed by atoms with Gasteiger partial charge in [0.1, 0.15) is 12.2 Å². The van der Waals surface area contributed by atoms with Crippen molar-refractivity contribution in [3.05, 3.63) is 41.7 Å². The van der Waals surface area contributed by atoms with Crippen LogP contribution in [0.1, 0.15) is 28.8 Å². The van der Waals surface area contributed by atoms with Crippen LogP contribution in [0.3, 0.4) is 0 Å². The smallest absolute Gasteiger partial charge is 0.276 e. The molecular formula is C17H22N8O2. The van der Waals surface area contributed by atoms with Crippen LogP contribution in [-0.2, 0) is 24.9 Å². The molecule has 3 rings (SSSR count). The number of nitrogens with one attached hydrogen (secondary N) is 2. The zero-order chi connectivity index (χ0) is 19.6. The molecule has 3 aromatic rings. The molecule has 0 saturated carbocycles. The molecule has 0 aliphatic heterocycles. The number of anilines is 2. The highest BCUT2D eigenvalue weighted by atomic mass is 16.2. The summed E-state index contributed by atoms with van der Waals surface area (Å²) in [4.78, 5) is 25.1. The number of aryl methyl sites for hydroxylation is 3. The third kappa shape index (κ3) is 3.89. The molecule has 0 atom stereocenters. The van der Waals surface area contributed by atoms with Crippen LogP contribution in [0.5, 0.6) is 0 Å². The van der Waals surface area contributed by atoms with Crippen molar-refractivity contribution in [1.29, 1.82) is 0 Å². The van der Waals surface area contributed by atoms with Gasteiger partial charge in [-0.2, -0.15) is 15.3 Å². The minimum absolute atomic E-state index is 0.0495. The van der Waals surface area contributed by atoms with E-state index in [2.05, 4.69) is 25.9 Å². The summed E-state index contributed by atoms with van der Waals surface area (Å²) in [5.74, 6) is -0.656. The fourth-order valence-corrected chi connectivity index (χ4v) is 2.65. The normalized spacial score (nSPS) is 10.8. The molecular weight excluding hydrogens is 348 g/mol. The van der Waals surface area contributed by atoms with E-state index in [1.807, 2.05) is 26.8 Å². The van der Waals surface area contributed by atoms with Crippen LogP contribution in [0.4, 0.5) is 11.4 Å². The van der Waals surface area contributed by atoms with Gasteiger partial charge in [-0.05, 0) is 26.8 Å². The van der Waals surface area contributed by atoms with Gasteiger partial charge in [-0.3, -0.25) is 23.6 Å². The molecule has 0 aliphatic rings. The van der Waals surface area contributed by atoms with E-state index in [4.69, 9.17) is 0 Å². The van der Waals surface area contributed by atoms with Crippen molar-refractivity contribution in [2.24, 2.45) is 7.05 Å². The highest BCUT2D eigenvalue weighted by Gasteiger charge is 2.21. The van der Waals surface area contributed by atoms with Gasteiger partial charge in [-0.1, -0.05) is 0 Å². The van der Waals surface area contributed by atoms with Crippen LogP contribution in [0.2, 0.25) is 0 Å². The van der Waals surface area contributed by atoms with Crippen molar-refractivity contribution >= 4 is 23.2 Å². The van der Waals surface area contributed by atoms with Gasteiger partial charge < -0.3 is 10.6 Å². The molecule has 0 bridgehead atoms. The van der Waals surface area contributed by atoms with Crippen LogP contribution in [0, 0.1) is 13.8 Å². The van der Waals surface area contributed by atoms with Crippen LogP contribution in [0.25, 0.3) is 0 Å². The molecule has 0 fully saturated rings. The maximum atomic E-state index is 12.8. The summed E-state index contributed by atoms with van der Waals surface area (Å²) in [5, 5.41) is 18.1. The lowest BCUT2D eigenvalue weighted by Gasteiger charge is -2.10. The number of aromatic nitrogens is 6. The maximum Gasteiger partial charge on any atom is 0.276 e. The van der Waals surface area contributed by atoms with E-state index in [1.165, 1.54) is 15.6 Å². The Morgan fingerprint density at radius 2 is 1.85 bits per heavy atom. The van der Waals surface area contributed by atoms with Gasteiger partial charge >= 0.3 is 0 Å². The fourth-order valence-electron chi connectivity index (χ4n) is 2.65. The molecule has 0 aliphatic carbocycles. The number of hydrogen-bond donors (Lipinski definition) is 2. The van der Waals surface area contributed by atoms with Gasteiger partial charge in [0.15, 0.2) is 0 Å². The molecule has 2 N–H and O–H groups in total. The maximum absolute atomic E-state index is 12.8. The average Bonchev–Trinajstić information content (AvgIpc) is 3.30. The summed E-state index contributed by atoms with van der Waals surface area (Å²) in [7, 11) is 1.80. The van der Waals surface area contributed by atoms with E-state index < -0.39 is 0 Å². The highest BCUT2D eigenvalue weighted by molar-refractivity contribution is 6.09. The number of carbonyl (C=O) groups is 2. The summed E-state index contributed by atoms with van der Waals surface area (Å²) in [6.45, 7) is 6.12. The predicted molar refractivity (Wildman–Crippen MR) is 99.4 cm³/mol. The Morgan fingerprint density at radius 3 is 2.44 bits per heavy atom. The first-order valence-electron chi connectivity index (χ1n) is 8.54. The Morgan fingerprint density at radius 1 is 1.11 bits per heavy atom. The second-order valence-electron chi connectivity index (χ2n) is 6.15. The second kappa shape index (κ2) is 7.44. The molecule has 3 aromatic heterocycles.